The predicted molar refractivity (Wildman–Crippen MR) is 271 cm³/mol. The van der Waals surface area contributed by atoms with Crippen LogP contribution in [0.4, 0.5) is 11.4 Å². The van der Waals surface area contributed by atoms with Crippen LogP contribution in [0.25, 0.3) is 101 Å². The van der Waals surface area contributed by atoms with Gasteiger partial charge in [-0.05, 0) is 99.7 Å². The number of anilines is 2. The predicted octanol–water partition coefficient (Wildman–Crippen LogP) is 15.4. The largest absolute Gasteiger partial charge is 0.456 e. The van der Waals surface area contributed by atoms with Gasteiger partial charge in [-0.3, -0.25) is 0 Å². The Bertz CT molecular complexity index is 3880. The van der Waals surface area contributed by atoms with Gasteiger partial charge in [0.05, 0.1) is 5.52 Å². The highest BCUT2D eigenvalue weighted by molar-refractivity contribution is 7.26. The quantitative estimate of drug-likeness (QED) is 0.180. The Morgan fingerprint density at radius 2 is 1.18 bits per heavy atom. The zero-order chi connectivity index (χ0) is 41.8. The van der Waals surface area contributed by atoms with Crippen molar-refractivity contribution in [2.24, 2.45) is 0 Å². The number of thiophene rings is 2. The molecule has 0 saturated heterocycles. The highest BCUT2D eigenvalue weighted by Crippen LogP contribution is 2.46. The van der Waals surface area contributed by atoms with Gasteiger partial charge in [0.25, 0.3) is 0 Å². The van der Waals surface area contributed by atoms with E-state index in [0.29, 0.717) is 0 Å². The van der Waals surface area contributed by atoms with Crippen LogP contribution >= 0.6 is 22.7 Å². The maximum absolute atomic E-state index is 6.54. The highest BCUT2D eigenvalue weighted by Gasteiger charge is 2.29. The minimum atomic E-state index is 0.0697. The SMILES string of the molecule is CC(C)(C)c1ccc(Nc2cc3c(cc2-c2ccc4c5cc6c(cc5n5c4c2[B]c2cc4oc7ccccc7c4cc2-5)sc2ccccc26)sc2cc(C(C)(C)C)ccc23)cc1. The summed E-state index contributed by atoms with van der Waals surface area (Å²) in [7, 11) is 2.42. The van der Waals surface area contributed by atoms with Gasteiger partial charge >= 0.3 is 0 Å². The first-order valence-corrected chi connectivity index (χ1v) is 23.2. The minimum absolute atomic E-state index is 0.0697. The number of rotatable bonds is 3. The average molecular weight is 834 g/mol. The van der Waals surface area contributed by atoms with E-state index < -0.39 is 0 Å². The lowest BCUT2D eigenvalue weighted by Crippen LogP contribution is -2.37. The second-order valence-electron chi connectivity index (χ2n) is 19.3. The van der Waals surface area contributed by atoms with Gasteiger partial charge in [0.2, 0.25) is 0 Å². The van der Waals surface area contributed by atoms with Gasteiger partial charge in [-0.1, -0.05) is 120 Å². The van der Waals surface area contributed by atoms with E-state index in [0.717, 1.165) is 38.8 Å². The summed E-state index contributed by atoms with van der Waals surface area (Å²) >= 11 is 3.78. The van der Waals surface area contributed by atoms with E-state index in [1.54, 1.807) is 0 Å². The van der Waals surface area contributed by atoms with Gasteiger partial charge < -0.3 is 14.3 Å². The van der Waals surface area contributed by atoms with Crippen molar-refractivity contribution >= 4 is 136 Å². The summed E-state index contributed by atoms with van der Waals surface area (Å²) < 4.78 is 14.3. The Labute approximate surface area is 368 Å². The zero-order valence-corrected chi connectivity index (χ0v) is 37.2. The molecule has 0 spiro atoms. The molecule has 1 aliphatic rings. The Morgan fingerprint density at radius 3 is 2.00 bits per heavy atom. The van der Waals surface area contributed by atoms with Crippen molar-refractivity contribution in [1.82, 2.24) is 4.57 Å². The molecule has 4 aromatic heterocycles. The van der Waals surface area contributed by atoms with Crippen molar-refractivity contribution in [3.63, 3.8) is 0 Å². The van der Waals surface area contributed by atoms with Crippen molar-refractivity contribution in [3.8, 4) is 16.8 Å². The van der Waals surface area contributed by atoms with Crippen molar-refractivity contribution in [2.45, 2.75) is 52.4 Å². The fourth-order valence-corrected chi connectivity index (χ4v) is 12.3. The number of hydrogen-bond acceptors (Lipinski definition) is 4. The first kappa shape index (κ1) is 36.3. The lowest BCUT2D eigenvalue weighted by Gasteiger charge is -2.24. The van der Waals surface area contributed by atoms with E-state index in [4.69, 9.17) is 4.42 Å². The van der Waals surface area contributed by atoms with Gasteiger partial charge in [-0.15, -0.1) is 22.7 Å². The Morgan fingerprint density at radius 1 is 0.500 bits per heavy atom. The van der Waals surface area contributed by atoms with Crippen molar-refractivity contribution < 1.29 is 4.42 Å². The van der Waals surface area contributed by atoms with E-state index in [-0.39, 0.29) is 10.8 Å². The number of hydrogen-bond donors (Lipinski definition) is 1. The van der Waals surface area contributed by atoms with E-state index in [1.165, 1.54) is 95.6 Å². The molecule has 62 heavy (non-hydrogen) atoms. The van der Waals surface area contributed by atoms with Crippen LogP contribution in [0.2, 0.25) is 0 Å². The molecule has 0 bridgehead atoms. The third-order valence-electron chi connectivity index (χ3n) is 13.3. The van der Waals surface area contributed by atoms with E-state index in [1.807, 2.05) is 22.7 Å². The second kappa shape index (κ2) is 12.6. The Balaban J connectivity index is 1.10. The molecule has 0 saturated carbocycles. The summed E-state index contributed by atoms with van der Waals surface area (Å²) in [4.78, 5) is 0. The monoisotopic (exact) mass is 833 g/mol. The van der Waals surface area contributed by atoms with Crippen LogP contribution in [-0.2, 0) is 10.8 Å². The lowest BCUT2D eigenvalue weighted by atomic mass is 9.59. The van der Waals surface area contributed by atoms with Crippen molar-refractivity contribution in [3.05, 3.63) is 151 Å². The third kappa shape index (κ3) is 5.29. The summed E-state index contributed by atoms with van der Waals surface area (Å²) in [6.07, 6.45) is 0. The molecule has 297 valence electrons. The van der Waals surface area contributed by atoms with Gasteiger partial charge in [0.1, 0.15) is 11.2 Å². The molecule has 13 rings (SSSR count). The maximum atomic E-state index is 6.54. The van der Waals surface area contributed by atoms with Crippen LogP contribution < -0.4 is 16.2 Å². The molecule has 1 radical (unpaired) electrons. The molecule has 5 heterocycles. The van der Waals surface area contributed by atoms with Gasteiger partial charge in [-0.2, -0.15) is 0 Å². The van der Waals surface area contributed by atoms with Crippen LogP contribution in [0.5, 0.6) is 0 Å². The smallest absolute Gasteiger partial charge is 0.198 e. The van der Waals surface area contributed by atoms with Gasteiger partial charge in [-0.25, -0.2) is 0 Å². The number of fused-ring (bicyclic) bond motifs is 14. The topological polar surface area (TPSA) is 30.1 Å². The maximum Gasteiger partial charge on any atom is 0.198 e. The Kier molecular flexibility index (Phi) is 7.40. The number of nitrogens with zero attached hydrogens (tertiary/aromatic N) is 1. The van der Waals surface area contributed by atoms with E-state index in [2.05, 4.69) is 198 Å². The highest BCUT2D eigenvalue weighted by atomic mass is 32.1. The number of para-hydroxylation sites is 1. The summed E-state index contributed by atoms with van der Waals surface area (Å²) in [5.41, 5.74) is 15.2. The van der Waals surface area contributed by atoms with Crippen LogP contribution in [-0.4, -0.2) is 11.8 Å². The first-order valence-electron chi connectivity index (χ1n) is 21.6. The summed E-state index contributed by atoms with van der Waals surface area (Å²) in [5.74, 6) is 0. The third-order valence-corrected chi connectivity index (χ3v) is 15.6. The molecule has 8 aromatic carbocycles. The number of furan rings is 1. The molecule has 3 nitrogen and oxygen atoms in total. The normalized spacial score (nSPS) is 13.1. The summed E-state index contributed by atoms with van der Waals surface area (Å²) in [5, 5.41) is 14.0. The van der Waals surface area contributed by atoms with Gasteiger partial charge in [0.15, 0.2) is 7.28 Å². The molecule has 0 fully saturated rings. The fourth-order valence-electron chi connectivity index (χ4n) is 10.0. The molecule has 6 heteroatoms. The number of aromatic nitrogens is 1. The Hall–Kier alpha value is -6.34. The molecule has 1 N–H and O–H groups in total. The average Bonchev–Trinajstić information content (AvgIpc) is 4.00. The molecule has 12 aromatic rings. The van der Waals surface area contributed by atoms with Crippen molar-refractivity contribution in [1.29, 1.82) is 0 Å². The molecular weight excluding hydrogens is 792 g/mol. The first-order chi connectivity index (χ1) is 29.9. The minimum Gasteiger partial charge on any atom is -0.456 e. The number of nitrogens with one attached hydrogen (secondary N) is 1. The molecular formula is C56H42BN2OS2. The zero-order valence-electron chi connectivity index (χ0n) is 35.5. The van der Waals surface area contributed by atoms with Crippen LogP contribution in [0.15, 0.2) is 144 Å². The van der Waals surface area contributed by atoms with Crippen molar-refractivity contribution in [2.75, 3.05) is 5.32 Å². The van der Waals surface area contributed by atoms with Crippen LogP contribution in [0, 0.1) is 0 Å². The standard InChI is InChI=1S/C56H42BN2OS2/c1-55(2,3)30-15-18-32(19-16-30)58-44-25-42-35-20-17-31(56(4,5)6)23-50(35)62-51(42)27-38(44)36-21-22-37-39-24-41-34-12-8-10-14-49(34)61-52(41)29-45(39)59-46-26-40-33-11-7-9-13-47(33)60-48(40)28-43(46)57-53(36)54(37)59/h7-29,58H,1-6H3. The lowest BCUT2D eigenvalue weighted by molar-refractivity contribution is 0.590. The van der Waals surface area contributed by atoms with Crippen LogP contribution in [0.1, 0.15) is 52.7 Å². The summed E-state index contributed by atoms with van der Waals surface area (Å²) in [6.45, 7) is 13.7. The summed E-state index contributed by atoms with van der Waals surface area (Å²) in [6, 6.07) is 52.4. The second-order valence-corrected chi connectivity index (χ2v) is 21.4. The van der Waals surface area contributed by atoms with Crippen LogP contribution in [0.3, 0.4) is 0 Å². The fraction of sp³-hybridized carbons (Fsp3) is 0.143. The molecule has 0 atom stereocenters. The van der Waals surface area contributed by atoms with E-state index >= 15 is 0 Å². The molecule has 0 unspecified atom stereocenters. The molecule has 0 amide bonds. The van der Waals surface area contributed by atoms with E-state index in [9.17, 15) is 0 Å². The van der Waals surface area contributed by atoms with Gasteiger partial charge in [0, 0.05) is 90.0 Å². The molecule has 1 aliphatic heterocycles. The number of benzene rings is 8. The molecule has 0 aliphatic carbocycles.